The molecule has 3 saturated carbocycles. The molecule has 0 aromatic carbocycles. The fourth-order valence-corrected chi connectivity index (χ4v) is 12.2. The summed E-state index contributed by atoms with van der Waals surface area (Å²) in [7, 11) is 0. The number of amides is 1. The van der Waals surface area contributed by atoms with Gasteiger partial charge in [-0.25, -0.2) is 4.79 Å². The largest absolute Gasteiger partial charge is 0.480 e. The van der Waals surface area contributed by atoms with Gasteiger partial charge in [-0.1, -0.05) is 65.5 Å². The maximum absolute atomic E-state index is 13.0. The van der Waals surface area contributed by atoms with E-state index in [1.54, 1.807) is 0 Å². The van der Waals surface area contributed by atoms with Crippen LogP contribution < -0.4 is 5.32 Å². The van der Waals surface area contributed by atoms with Crippen molar-refractivity contribution < 1.29 is 59.0 Å². The zero-order chi connectivity index (χ0) is 45.8. The molecule has 62 heavy (non-hydrogen) atoms. The standard InChI is InChI=1S/C46H76N4O12/c1-30(2)9-8-10-31(3)35-14-15-36-34-13-12-32-25-33(16-18-45(32,4)37(34)17-19-46(35,36)5)62-44(61)47-20-7-6-11-38(43(59)60)50(23-21-48(26-39(51)52)27-40(53)54)24-22-49(28-41(55)56)29-42(57)58/h12,30-31,33-38H,6-11,13-29H2,1-5H3,(H,47,61)(H,51,52)(H,53,54)(H,55,56)(H,57,58)(H,59,60)/t31-,33+,34+,35-,36+,37+,38+,45+,46-/m1/s1. The first-order valence-electron chi connectivity index (χ1n) is 23.2. The molecule has 352 valence electrons. The summed E-state index contributed by atoms with van der Waals surface area (Å²) in [5.41, 5.74) is 2.00. The van der Waals surface area contributed by atoms with E-state index in [0.29, 0.717) is 24.2 Å². The fourth-order valence-electron chi connectivity index (χ4n) is 12.2. The number of unbranched alkanes of at least 4 members (excludes halogenated alkanes) is 1. The second kappa shape index (κ2) is 23.3. The SMILES string of the molecule is CC(C)CCC[C@@H](C)[C@H]1CC[C@H]2[C@@H]3CC=C4C[C@@H](OC(=O)NCCCC[C@@H](C(=O)O)N(CCN(CC(=O)O)CC(=O)O)CCN(CC(=O)O)CC(=O)O)CC[C@]4(C)[C@H]3CC[C@]12C. The van der Waals surface area contributed by atoms with Gasteiger partial charge in [0.25, 0.3) is 0 Å². The van der Waals surface area contributed by atoms with Gasteiger partial charge in [0.15, 0.2) is 0 Å². The maximum Gasteiger partial charge on any atom is 0.407 e. The second-order valence-electron chi connectivity index (χ2n) is 19.9. The highest BCUT2D eigenvalue weighted by atomic mass is 16.6. The third-order valence-electron chi connectivity index (χ3n) is 15.3. The summed E-state index contributed by atoms with van der Waals surface area (Å²) in [6, 6.07) is -1.13. The topological polar surface area (TPSA) is 235 Å². The number of carbonyl (C=O) groups excluding carboxylic acids is 1. The second-order valence-corrected chi connectivity index (χ2v) is 19.9. The van der Waals surface area contributed by atoms with E-state index in [-0.39, 0.29) is 50.7 Å². The van der Waals surface area contributed by atoms with E-state index in [4.69, 9.17) is 4.74 Å². The first-order valence-corrected chi connectivity index (χ1v) is 23.2. The highest BCUT2D eigenvalue weighted by Crippen LogP contribution is 2.67. The van der Waals surface area contributed by atoms with Gasteiger partial charge in [-0.15, -0.1) is 0 Å². The Hall–Kier alpha value is -3.76. The van der Waals surface area contributed by atoms with Crippen LogP contribution >= 0.6 is 0 Å². The Morgan fingerprint density at radius 3 is 1.87 bits per heavy atom. The molecule has 0 radical (unpaired) electrons. The normalized spacial score (nSPS) is 27.8. The van der Waals surface area contributed by atoms with Gasteiger partial charge >= 0.3 is 35.9 Å². The summed E-state index contributed by atoms with van der Waals surface area (Å²) in [5.74, 6) is -1.74. The molecule has 0 aromatic heterocycles. The van der Waals surface area contributed by atoms with Crippen molar-refractivity contribution in [2.45, 2.75) is 137 Å². The third-order valence-corrected chi connectivity index (χ3v) is 15.3. The minimum Gasteiger partial charge on any atom is -0.480 e. The number of alkyl carbamates (subject to hydrolysis) is 1. The van der Waals surface area contributed by atoms with Crippen LogP contribution in [0.2, 0.25) is 0 Å². The number of allylic oxidation sites excluding steroid dienone is 1. The van der Waals surface area contributed by atoms with Crippen LogP contribution in [0.3, 0.4) is 0 Å². The van der Waals surface area contributed by atoms with Crippen LogP contribution in [0.1, 0.15) is 125 Å². The van der Waals surface area contributed by atoms with E-state index in [1.807, 2.05) is 0 Å². The molecule has 0 aliphatic heterocycles. The van der Waals surface area contributed by atoms with Crippen molar-refractivity contribution in [3.05, 3.63) is 11.6 Å². The Morgan fingerprint density at radius 1 is 0.726 bits per heavy atom. The molecule has 4 rings (SSSR count). The molecule has 16 heteroatoms. The Bertz CT molecular complexity index is 1520. The first kappa shape index (κ1) is 50.9. The zero-order valence-corrected chi connectivity index (χ0v) is 37.9. The summed E-state index contributed by atoms with van der Waals surface area (Å²) >= 11 is 0. The molecule has 0 heterocycles. The lowest BCUT2D eigenvalue weighted by Gasteiger charge is -2.58. The quantitative estimate of drug-likeness (QED) is 0.0411. The van der Waals surface area contributed by atoms with Crippen molar-refractivity contribution in [2.75, 3.05) is 58.9 Å². The number of carboxylic acids is 5. The minimum absolute atomic E-state index is 0.0766. The lowest BCUT2D eigenvalue weighted by Crippen LogP contribution is -2.51. The lowest BCUT2D eigenvalue weighted by atomic mass is 9.47. The summed E-state index contributed by atoms with van der Waals surface area (Å²) in [6.07, 6.45) is 15.6. The van der Waals surface area contributed by atoms with Gasteiger partial charge in [-0.2, -0.15) is 0 Å². The first-order chi connectivity index (χ1) is 29.2. The van der Waals surface area contributed by atoms with Crippen LogP contribution in [0.25, 0.3) is 0 Å². The number of aliphatic carboxylic acids is 5. The highest BCUT2D eigenvalue weighted by Gasteiger charge is 2.59. The molecule has 9 atom stereocenters. The van der Waals surface area contributed by atoms with Gasteiger partial charge in [-0.3, -0.25) is 38.7 Å². The predicted molar refractivity (Wildman–Crippen MR) is 232 cm³/mol. The van der Waals surface area contributed by atoms with Gasteiger partial charge in [-0.05, 0) is 111 Å². The third kappa shape index (κ3) is 14.1. The van der Waals surface area contributed by atoms with Gasteiger partial charge in [0.05, 0.1) is 26.2 Å². The molecule has 0 spiro atoms. The fraction of sp³-hybridized carbons (Fsp3) is 0.826. The van der Waals surface area contributed by atoms with Crippen molar-refractivity contribution in [3.63, 3.8) is 0 Å². The molecule has 1 amide bonds. The van der Waals surface area contributed by atoms with Crippen LogP contribution in [0.5, 0.6) is 0 Å². The van der Waals surface area contributed by atoms with Gasteiger partial charge in [0.1, 0.15) is 12.1 Å². The number of rotatable bonds is 27. The number of hydrogen-bond acceptors (Lipinski definition) is 10. The number of ether oxygens (including phenoxy) is 1. The summed E-state index contributed by atoms with van der Waals surface area (Å²) in [5, 5.41) is 50.1. The summed E-state index contributed by atoms with van der Waals surface area (Å²) < 4.78 is 5.95. The molecule has 0 aromatic rings. The van der Waals surface area contributed by atoms with E-state index in [2.05, 4.69) is 46.0 Å². The van der Waals surface area contributed by atoms with Crippen molar-refractivity contribution in [1.82, 2.24) is 20.0 Å². The average Bonchev–Trinajstić information content (AvgIpc) is 3.52. The molecular formula is C46H76N4O12. The predicted octanol–water partition coefficient (Wildman–Crippen LogP) is 5.99. The molecule has 3 fully saturated rings. The number of fused-ring (bicyclic) bond motifs is 5. The van der Waals surface area contributed by atoms with E-state index in [0.717, 1.165) is 65.1 Å². The summed E-state index contributed by atoms with van der Waals surface area (Å²) in [6.45, 7) is 9.71. The van der Waals surface area contributed by atoms with E-state index < -0.39 is 68.2 Å². The van der Waals surface area contributed by atoms with Crippen LogP contribution in [0.4, 0.5) is 4.79 Å². The van der Waals surface area contributed by atoms with E-state index in [1.165, 1.54) is 55.4 Å². The van der Waals surface area contributed by atoms with Crippen LogP contribution in [0, 0.1) is 46.3 Å². The van der Waals surface area contributed by atoms with Gasteiger partial charge < -0.3 is 35.6 Å². The van der Waals surface area contributed by atoms with Crippen molar-refractivity contribution >= 4 is 35.9 Å². The number of carbonyl (C=O) groups is 6. The van der Waals surface area contributed by atoms with Crippen molar-refractivity contribution in [2.24, 2.45) is 46.3 Å². The molecule has 0 bridgehead atoms. The van der Waals surface area contributed by atoms with E-state index in [9.17, 15) is 54.3 Å². The number of carboxylic acid groups (broad SMARTS) is 5. The molecule has 4 aliphatic carbocycles. The lowest BCUT2D eigenvalue weighted by molar-refractivity contribution is -0.146. The Balaban J connectivity index is 1.28. The zero-order valence-electron chi connectivity index (χ0n) is 37.9. The van der Waals surface area contributed by atoms with Crippen molar-refractivity contribution in [1.29, 1.82) is 0 Å². The van der Waals surface area contributed by atoms with Crippen LogP contribution in [-0.4, -0.2) is 147 Å². The number of hydrogen-bond donors (Lipinski definition) is 6. The summed E-state index contributed by atoms with van der Waals surface area (Å²) in [4.78, 5) is 74.8. The monoisotopic (exact) mass is 877 g/mol. The smallest absolute Gasteiger partial charge is 0.407 e. The molecule has 6 N–H and O–H groups in total. The Kier molecular flexibility index (Phi) is 19.1. The Labute approximate surface area is 367 Å². The molecule has 0 saturated heterocycles. The van der Waals surface area contributed by atoms with Crippen molar-refractivity contribution in [3.8, 4) is 0 Å². The minimum atomic E-state index is -1.26. The van der Waals surface area contributed by atoms with Crippen LogP contribution in [-0.2, 0) is 28.7 Å². The number of nitrogens with zero attached hydrogens (tertiary/aromatic N) is 3. The Morgan fingerprint density at radius 2 is 1.32 bits per heavy atom. The van der Waals surface area contributed by atoms with Gasteiger partial charge in [0.2, 0.25) is 0 Å². The average molecular weight is 877 g/mol. The van der Waals surface area contributed by atoms with Crippen LogP contribution in [0.15, 0.2) is 11.6 Å². The maximum atomic E-state index is 13.0. The van der Waals surface area contributed by atoms with E-state index >= 15 is 0 Å². The molecule has 4 aliphatic rings. The highest BCUT2D eigenvalue weighted by molar-refractivity contribution is 5.74. The molecular weight excluding hydrogens is 801 g/mol. The van der Waals surface area contributed by atoms with Gasteiger partial charge in [0, 0.05) is 39.1 Å². The molecule has 0 unspecified atom stereocenters. The number of nitrogens with one attached hydrogen (secondary N) is 1. The molecule has 16 nitrogen and oxygen atoms in total.